The van der Waals surface area contributed by atoms with Crippen molar-refractivity contribution in [1.29, 1.82) is 0 Å². The minimum Gasteiger partial charge on any atom is -0.485 e. The van der Waals surface area contributed by atoms with E-state index in [0.717, 1.165) is 21.6 Å². The second-order valence-electron chi connectivity index (χ2n) is 8.58. The van der Waals surface area contributed by atoms with Crippen LogP contribution in [0.2, 0.25) is 0 Å². The topological polar surface area (TPSA) is 69.3 Å². The van der Waals surface area contributed by atoms with E-state index < -0.39 is 41.3 Å². The van der Waals surface area contributed by atoms with E-state index in [0.29, 0.717) is 5.76 Å². The van der Waals surface area contributed by atoms with E-state index in [2.05, 4.69) is 24.3 Å². The Labute approximate surface area is 204 Å². The maximum atomic E-state index is 13.9. The van der Waals surface area contributed by atoms with Crippen LogP contribution in [0.15, 0.2) is 53.2 Å². The third-order valence-corrected chi connectivity index (χ3v) is 5.47. The Balaban J connectivity index is 1.39. The first-order valence-electron chi connectivity index (χ1n) is 11.1. The average Bonchev–Trinajstić information content (AvgIpc) is 3.48. The molecule has 0 aliphatic heterocycles. The molecule has 2 aromatic carbocycles. The van der Waals surface area contributed by atoms with Gasteiger partial charge in [0.15, 0.2) is 23.2 Å². The first-order valence-corrected chi connectivity index (χ1v) is 11.1. The quantitative estimate of drug-likeness (QED) is 0.174. The number of aromatic nitrogens is 2. The molecule has 10 heteroatoms. The van der Waals surface area contributed by atoms with Crippen LogP contribution in [-0.4, -0.2) is 15.7 Å². The zero-order valence-electron chi connectivity index (χ0n) is 19.7. The number of carbonyl (C=O) groups excluding carboxylic acids is 1. The van der Waals surface area contributed by atoms with Crippen molar-refractivity contribution in [3.63, 3.8) is 0 Å². The number of hydrogen-bond donors (Lipinski definition) is 1. The van der Waals surface area contributed by atoms with Gasteiger partial charge in [-0.05, 0) is 42.2 Å². The van der Waals surface area contributed by atoms with Gasteiger partial charge >= 0.3 is 0 Å². The lowest BCUT2D eigenvalue weighted by atomic mass is 10.0. The van der Waals surface area contributed by atoms with Crippen molar-refractivity contribution in [1.82, 2.24) is 9.78 Å². The molecule has 0 spiro atoms. The Bertz CT molecular complexity index is 1410. The van der Waals surface area contributed by atoms with Crippen LogP contribution in [0.25, 0.3) is 0 Å². The number of carbonyl (C=O) groups is 1. The van der Waals surface area contributed by atoms with Gasteiger partial charge in [0.05, 0.1) is 18.4 Å². The number of hydrogen-bond acceptors (Lipinski definition) is 4. The lowest BCUT2D eigenvalue weighted by Gasteiger charge is -2.14. The fourth-order valence-corrected chi connectivity index (χ4v) is 3.59. The molecule has 36 heavy (non-hydrogen) atoms. The number of nitrogens with one attached hydrogen (secondary N) is 1. The summed E-state index contributed by atoms with van der Waals surface area (Å²) in [7, 11) is 0. The van der Waals surface area contributed by atoms with Crippen molar-refractivity contribution >= 4 is 11.6 Å². The van der Waals surface area contributed by atoms with Crippen molar-refractivity contribution in [3.8, 4) is 5.75 Å². The van der Waals surface area contributed by atoms with Crippen LogP contribution in [0.1, 0.15) is 52.8 Å². The number of ether oxygens (including phenoxy) is 1. The standard InChI is InChI=1S/C26H23F4N3O3/c1-14(2)18-6-4-15(3)8-23(18)35-13-17-5-7-22(36-17)26(34)32-16-10-31-33(11-16)12-19-20(27)9-21(28)25(30)24(19)29/h4-11,14H,12-13H2,1-3H3,(H,32,34). The van der Waals surface area contributed by atoms with Crippen LogP contribution < -0.4 is 10.1 Å². The van der Waals surface area contributed by atoms with Gasteiger partial charge in [-0.3, -0.25) is 9.48 Å². The normalized spacial score (nSPS) is 11.2. The zero-order valence-corrected chi connectivity index (χ0v) is 19.7. The van der Waals surface area contributed by atoms with Crippen LogP contribution in [-0.2, 0) is 13.2 Å². The van der Waals surface area contributed by atoms with Crippen LogP contribution >= 0.6 is 0 Å². The number of rotatable bonds is 8. The van der Waals surface area contributed by atoms with Gasteiger partial charge in [0.1, 0.15) is 23.9 Å². The summed E-state index contributed by atoms with van der Waals surface area (Å²) < 4.78 is 67.0. The van der Waals surface area contributed by atoms with Crippen molar-refractivity contribution in [2.45, 2.75) is 39.8 Å². The smallest absolute Gasteiger partial charge is 0.291 e. The summed E-state index contributed by atoms with van der Waals surface area (Å²) in [6, 6.07) is 9.36. The number of aryl methyl sites for hydroxylation is 1. The third-order valence-electron chi connectivity index (χ3n) is 5.47. The van der Waals surface area contributed by atoms with Crippen molar-refractivity contribution in [3.05, 3.63) is 100 Å². The fraction of sp³-hybridized carbons (Fsp3) is 0.231. The van der Waals surface area contributed by atoms with Gasteiger partial charge in [0.25, 0.3) is 5.91 Å². The summed E-state index contributed by atoms with van der Waals surface area (Å²) in [5, 5.41) is 6.45. The summed E-state index contributed by atoms with van der Waals surface area (Å²) in [4.78, 5) is 12.6. The van der Waals surface area contributed by atoms with E-state index in [4.69, 9.17) is 9.15 Å². The van der Waals surface area contributed by atoms with Gasteiger partial charge < -0.3 is 14.5 Å². The van der Waals surface area contributed by atoms with E-state index in [1.165, 1.54) is 18.5 Å². The molecule has 0 saturated heterocycles. The Morgan fingerprint density at radius 3 is 2.61 bits per heavy atom. The predicted octanol–water partition coefficient (Wildman–Crippen LogP) is 6.34. The molecule has 0 atom stereocenters. The summed E-state index contributed by atoms with van der Waals surface area (Å²) in [5.74, 6) is -5.37. The molecule has 6 nitrogen and oxygen atoms in total. The second-order valence-corrected chi connectivity index (χ2v) is 8.58. The third kappa shape index (κ3) is 5.42. The predicted molar refractivity (Wildman–Crippen MR) is 124 cm³/mol. The Kier molecular flexibility index (Phi) is 7.14. The fourth-order valence-electron chi connectivity index (χ4n) is 3.59. The van der Waals surface area contributed by atoms with Gasteiger partial charge in [0, 0.05) is 17.8 Å². The molecule has 2 heterocycles. The average molecular weight is 501 g/mol. The van der Waals surface area contributed by atoms with Crippen LogP contribution in [0, 0.1) is 30.2 Å². The molecule has 0 aliphatic rings. The molecule has 4 aromatic rings. The SMILES string of the molecule is Cc1ccc(C(C)C)c(OCc2ccc(C(=O)Nc3cnn(Cc4c(F)cc(F)c(F)c4F)c3)o2)c1. The van der Waals surface area contributed by atoms with Gasteiger partial charge in [-0.15, -0.1) is 0 Å². The first kappa shape index (κ1) is 25.0. The molecule has 0 aliphatic carbocycles. The molecule has 0 unspecified atom stereocenters. The summed E-state index contributed by atoms with van der Waals surface area (Å²) >= 11 is 0. The Morgan fingerprint density at radius 1 is 1.08 bits per heavy atom. The number of amides is 1. The summed E-state index contributed by atoms with van der Waals surface area (Å²) in [6.07, 6.45) is 2.53. The molecule has 4 rings (SSSR count). The number of anilines is 1. The maximum Gasteiger partial charge on any atom is 0.291 e. The van der Waals surface area contributed by atoms with Gasteiger partial charge in [-0.25, -0.2) is 17.6 Å². The van der Waals surface area contributed by atoms with Crippen molar-refractivity contribution in [2.75, 3.05) is 5.32 Å². The lowest BCUT2D eigenvalue weighted by molar-refractivity contribution is 0.0992. The van der Waals surface area contributed by atoms with E-state index >= 15 is 0 Å². The van der Waals surface area contributed by atoms with Crippen LogP contribution in [0.3, 0.4) is 0 Å². The minimum absolute atomic E-state index is 0.0207. The zero-order chi connectivity index (χ0) is 26.0. The molecule has 0 saturated carbocycles. The van der Waals surface area contributed by atoms with E-state index in [1.54, 1.807) is 6.07 Å². The highest BCUT2D eigenvalue weighted by Gasteiger charge is 2.20. The van der Waals surface area contributed by atoms with E-state index in [1.807, 2.05) is 25.1 Å². The van der Waals surface area contributed by atoms with Crippen LogP contribution in [0.4, 0.5) is 23.2 Å². The van der Waals surface area contributed by atoms with Crippen molar-refractivity contribution < 1.29 is 31.5 Å². The van der Waals surface area contributed by atoms with Crippen molar-refractivity contribution in [2.24, 2.45) is 0 Å². The highest BCUT2D eigenvalue weighted by Crippen LogP contribution is 2.28. The van der Waals surface area contributed by atoms with Crippen LogP contribution in [0.5, 0.6) is 5.75 Å². The van der Waals surface area contributed by atoms with Gasteiger partial charge in [-0.2, -0.15) is 5.10 Å². The minimum atomic E-state index is -1.77. The van der Waals surface area contributed by atoms with Gasteiger partial charge in [-0.1, -0.05) is 26.0 Å². The Hall–Kier alpha value is -4.08. The molecular weight excluding hydrogens is 478 g/mol. The highest BCUT2D eigenvalue weighted by molar-refractivity contribution is 6.02. The number of nitrogens with zero attached hydrogens (tertiary/aromatic N) is 2. The van der Waals surface area contributed by atoms with E-state index in [9.17, 15) is 22.4 Å². The molecular formula is C26H23F4N3O3. The summed E-state index contributed by atoms with van der Waals surface area (Å²) in [5.41, 5.74) is 1.63. The van der Waals surface area contributed by atoms with Gasteiger partial charge in [0.2, 0.25) is 0 Å². The number of furan rings is 1. The highest BCUT2D eigenvalue weighted by atomic mass is 19.2. The monoisotopic (exact) mass is 501 g/mol. The number of halogens is 4. The molecule has 2 aromatic heterocycles. The van der Waals surface area contributed by atoms with E-state index in [-0.39, 0.29) is 30.0 Å². The molecule has 0 radical (unpaired) electrons. The molecule has 1 amide bonds. The maximum absolute atomic E-state index is 13.9. The molecule has 188 valence electrons. The largest absolute Gasteiger partial charge is 0.485 e. The molecule has 1 N–H and O–H groups in total. The second kappa shape index (κ2) is 10.3. The summed E-state index contributed by atoms with van der Waals surface area (Å²) in [6.45, 7) is 5.73. The number of benzene rings is 2. The first-order chi connectivity index (χ1) is 17.1. The Morgan fingerprint density at radius 2 is 1.86 bits per heavy atom. The lowest BCUT2D eigenvalue weighted by Crippen LogP contribution is -2.11. The molecule has 0 bridgehead atoms. The molecule has 0 fully saturated rings.